The number of phosphoric acid groups is 1. The molecule has 8 nitrogen and oxygen atoms in total. The molecule has 468 valence electrons. The van der Waals surface area contributed by atoms with Gasteiger partial charge in [-0.3, -0.25) is 13.8 Å². The Balaban J connectivity index is 3.93. The van der Waals surface area contributed by atoms with Crippen LogP contribution in [0.1, 0.15) is 386 Å². The lowest BCUT2D eigenvalue weighted by molar-refractivity contribution is -0.870. The van der Waals surface area contributed by atoms with Crippen molar-refractivity contribution in [1.29, 1.82) is 0 Å². The number of quaternary nitrogens is 1. The lowest BCUT2D eigenvalue weighted by Gasteiger charge is -2.26. The van der Waals surface area contributed by atoms with E-state index in [1.165, 1.54) is 321 Å². The van der Waals surface area contributed by atoms with Crippen LogP contribution < -0.4 is 5.32 Å². The summed E-state index contributed by atoms with van der Waals surface area (Å²) in [5, 5.41) is 14.1. The van der Waals surface area contributed by atoms with Crippen LogP contribution in [0.5, 0.6) is 0 Å². The van der Waals surface area contributed by atoms with Gasteiger partial charge in [0.05, 0.1) is 39.9 Å². The number of nitrogens with zero attached hydrogens (tertiary/aromatic N) is 1. The number of nitrogens with one attached hydrogen (secondary N) is 1. The molecule has 0 saturated carbocycles. The molecule has 0 saturated heterocycles. The maximum absolute atomic E-state index is 13.1. The first-order valence-electron chi connectivity index (χ1n) is 35.4. The minimum Gasteiger partial charge on any atom is -0.391 e. The van der Waals surface area contributed by atoms with E-state index in [1.807, 2.05) is 21.1 Å². The normalized spacial score (nSPS) is 13.6. The Morgan fingerprint density at radius 1 is 0.385 bits per heavy atom. The number of carbonyl (C=O) groups excluding carboxylic acids is 1. The minimum atomic E-state index is -4.32. The van der Waals surface area contributed by atoms with Crippen molar-refractivity contribution in [3.63, 3.8) is 0 Å². The summed E-state index contributed by atoms with van der Waals surface area (Å²) in [6, 6.07) is -0.756. The second-order valence-electron chi connectivity index (χ2n) is 26.0. The molecular formula is C69H142N2O6P+. The number of carbonyl (C=O) groups is 1. The molecule has 0 radical (unpaired) electrons. The molecule has 9 heteroatoms. The summed E-state index contributed by atoms with van der Waals surface area (Å²) in [5.41, 5.74) is 0. The van der Waals surface area contributed by atoms with Gasteiger partial charge in [0.25, 0.3) is 0 Å². The van der Waals surface area contributed by atoms with Gasteiger partial charge in [0.1, 0.15) is 13.2 Å². The van der Waals surface area contributed by atoms with Gasteiger partial charge in [-0.2, -0.15) is 0 Å². The maximum atomic E-state index is 13.1. The van der Waals surface area contributed by atoms with Crippen LogP contribution in [0.25, 0.3) is 0 Å². The lowest BCUT2D eigenvalue weighted by Crippen LogP contribution is -2.46. The molecule has 0 rings (SSSR count). The molecule has 3 atom stereocenters. The van der Waals surface area contributed by atoms with Gasteiger partial charge >= 0.3 is 7.82 Å². The average molecular weight is 1130 g/mol. The highest BCUT2D eigenvalue weighted by Gasteiger charge is 2.28. The monoisotopic (exact) mass is 1130 g/mol. The van der Waals surface area contributed by atoms with Crippen molar-refractivity contribution < 1.29 is 32.9 Å². The van der Waals surface area contributed by atoms with Gasteiger partial charge in [-0.1, -0.05) is 367 Å². The summed E-state index contributed by atoms with van der Waals surface area (Å²) in [6.07, 6.45) is 76.4. The topological polar surface area (TPSA) is 105 Å². The van der Waals surface area contributed by atoms with Crippen molar-refractivity contribution in [3.8, 4) is 0 Å². The van der Waals surface area contributed by atoms with E-state index in [-0.39, 0.29) is 19.1 Å². The Morgan fingerprint density at radius 2 is 0.615 bits per heavy atom. The third-order valence-electron chi connectivity index (χ3n) is 16.9. The molecule has 3 N–H and O–H groups in total. The van der Waals surface area contributed by atoms with Crippen LogP contribution in [0.4, 0.5) is 0 Å². The van der Waals surface area contributed by atoms with E-state index in [4.69, 9.17) is 9.05 Å². The van der Waals surface area contributed by atoms with Crippen LogP contribution in [0.15, 0.2) is 0 Å². The van der Waals surface area contributed by atoms with Crippen LogP contribution >= 0.6 is 7.82 Å². The van der Waals surface area contributed by atoms with Crippen molar-refractivity contribution in [2.75, 3.05) is 40.9 Å². The van der Waals surface area contributed by atoms with E-state index < -0.39 is 20.0 Å². The molecule has 0 aliphatic rings. The number of unbranched alkanes of at least 4 members (excludes halogenated alkanes) is 54. The van der Waals surface area contributed by atoms with Gasteiger partial charge in [0.2, 0.25) is 5.91 Å². The molecular weight excluding hydrogens is 984 g/mol. The van der Waals surface area contributed by atoms with E-state index in [9.17, 15) is 19.4 Å². The molecule has 78 heavy (non-hydrogen) atoms. The largest absolute Gasteiger partial charge is 0.472 e. The average Bonchev–Trinajstić information content (AvgIpc) is 3.41. The van der Waals surface area contributed by atoms with Gasteiger partial charge in [-0.25, -0.2) is 4.57 Å². The van der Waals surface area contributed by atoms with E-state index in [0.717, 1.165) is 38.5 Å². The maximum Gasteiger partial charge on any atom is 0.472 e. The van der Waals surface area contributed by atoms with E-state index in [2.05, 4.69) is 19.2 Å². The number of rotatable bonds is 67. The molecule has 3 unspecified atom stereocenters. The van der Waals surface area contributed by atoms with Crippen LogP contribution in [-0.2, 0) is 18.4 Å². The zero-order valence-corrected chi connectivity index (χ0v) is 54.6. The van der Waals surface area contributed by atoms with E-state index in [0.29, 0.717) is 23.9 Å². The zero-order chi connectivity index (χ0) is 57.0. The lowest BCUT2D eigenvalue weighted by atomic mass is 10.0. The molecule has 0 aromatic rings. The van der Waals surface area contributed by atoms with Gasteiger partial charge < -0.3 is 19.8 Å². The van der Waals surface area contributed by atoms with E-state index >= 15 is 0 Å². The molecule has 0 spiro atoms. The fraction of sp³-hybridized carbons (Fsp3) is 0.986. The first-order chi connectivity index (χ1) is 38.0. The molecule has 0 fully saturated rings. The first-order valence-corrected chi connectivity index (χ1v) is 36.9. The van der Waals surface area contributed by atoms with Crippen molar-refractivity contribution in [2.24, 2.45) is 0 Å². The molecule has 0 aliphatic heterocycles. The molecule has 0 aromatic heterocycles. The predicted molar refractivity (Wildman–Crippen MR) is 342 cm³/mol. The summed E-state index contributed by atoms with van der Waals surface area (Å²) in [6.45, 7) is 4.97. The van der Waals surface area contributed by atoms with Crippen molar-refractivity contribution in [2.45, 2.75) is 398 Å². The fourth-order valence-corrected chi connectivity index (χ4v) is 12.1. The summed E-state index contributed by atoms with van der Waals surface area (Å²) >= 11 is 0. The van der Waals surface area contributed by atoms with Crippen molar-refractivity contribution in [3.05, 3.63) is 0 Å². The van der Waals surface area contributed by atoms with Crippen molar-refractivity contribution in [1.82, 2.24) is 5.32 Å². The van der Waals surface area contributed by atoms with Gasteiger partial charge in [0.15, 0.2) is 0 Å². The number of hydrogen-bond acceptors (Lipinski definition) is 5. The molecule has 0 heterocycles. The Hall–Kier alpha value is -0.500. The Labute approximate surface area is 489 Å². The third-order valence-corrected chi connectivity index (χ3v) is 17.8. The Bertz CT molecular complexity index is 1230. The summed E-state index contributed by atoms with van der Waals surface area (Å²) < 4.78 is 23.9. The minimum absolute atomic E-state index is 0.0794. The predicted octanol–water partition coefficient (Wildman–Crippen LogP) is 22.3. The Kier molecular flexibility index (Phi) is 60.7. The number of likely N-dealkylation sites (N-methyl/N-ethyl adjacent to an activating group) is 1. The molecule has 0 bridgehead atoms. The quantitative estimate of drug-likeness (QED) is 0.0318. The molecule has 0 aromatic carbocycles. The fourth-order valence-electron chi connectivity index (χ4n) is 11.3. The SMILES string of the molecule is CCCCCCCCCCCCCCCCCCCCCCCCCCCCCCCCCCCCC(=O)NC(COP(=O)(O)OCC[N+](C)(C)C)C(O)CCCCCCCCCCCCCCCCCCCCCCCC. The van der Waals surface area contributed by atoms with E-state index in [1.54, 1.807) is 0 Å². The number of phosphoric ester groups is 1. The second-order valence-corrected chi connectivity index (χ2v) is 27.4. The summed E-state index contributed by atoms with van der Waals surface area (Å²) in [7, 11) is 1.64. The standard InChI is InChI=1S/C69H141N2O6P/c1-6-8-10-12-14-16-18-20-22-24-26-28-30-31-32-33-34-35-36-37-38-39-40-41-43-45-47-49-51-53-55-57-59-61-63-69(73)70-67(66-77-78(74,75)76-65-64-71(3,4)5)68(72)62-60-58-56-54-52-50-48-46-44-42-29-27-25-23-21-19-17-15-13-11-9-7-2/h67-68,72H,6-66H2,1-5H3,(H-,70,73,74,75)/p+1. The highest BCUT2D eigenvalue weighted by molar-refractivity contribution is 7.47. The smallest absolute Gasteiger partial charge is 0.391 e. The first kappa shape index (κ1) is 77.5. The number of hydrogen-bond donors (Lipinski definition) is 3. The highest BCUT2D eigenvalue weighted by Crippen LogP contribution is 2.43. The summed E-state index contributed by atoms with van der Waals surface area (Å²) in [5.74, 6) is -0.133. The highest BCUT2D eigenvalue weighted by atomic mass is 31.2. The molecule has 0 aliphatic carbocycles. The second kappa shape index (κ2) is 61.1. The Morgan fingerprint density at radius 3 is 0.859 bits per heavy atom. The van der Waals surface area contributed by atoms with Gasteiger partial charge in [-0.05, 0) is 12.8 Å². The third kappa shape index (κ3) is 63.1. The summed E-state index contributed by atoms with van der Waals surface area (Å²) in [4.78, 5) is 23.4. The van der Waals surface area contributed by atoms with Gasteiger partial charge in [0, 0.05) is 6.42 Å². The van der Waals surface area contributed by atoms with Crippen LogP contribution in [0.3, 0.4) is 0 Å². The molecule has 1 amide bonds. The van der Waals surface area contributed by atoms with Gasteiger partial charge in [-0.15, -0.1) is 0 Å². The zero-order valence-electron chi connectivity index (χ0n) is 53.7. The number of amides is 1. The number of aliphatic hydroxyl groups excluding tert-OH is 1. The number of aliphatic hydroxyl groups is 1. The van der Waals surface area contributed by atoms with Crippen LogP contribution in [0, 0.1) is 0 Å². The van der Waals surface area contributed by atoms with Crippen LogP contribution in [0.2, 0.25) is 0 Å². The van der Waals surface area contributed by atoms with Crippen LogP contribution in [-0.4, -0.2) is 73.4 Å². The van der Waals surface area contributed by atoms with Crippen molar-refractivity contribution >= 4 is 13.7 Å².